The maximum atomic E-state index is 10.8. The fourth-order valence-corrected chi connectivity index (χ4v) is 3.29. The number of halogens is 1. The van der Waals surface area contributed by atoms with E-state index in [1.807, 2.05) is 4.68 Å². The van der Waals surface area contributed by atoms with Crippen LogP contribution in [-0.4, -0.2) is 28.6 Å². The maximum Gasteiger partial charge on any atom is 0.110 e. The molecular weight excluding hydrogens is 284 g/mol. The smallest absolute Gasteiger partial charge is 0.110 e. The number of hydrogen-bond acceptors (Lipinski definition) is 3. The highest BCUT2D eigenvalue weighted by atomic mass is 79.9. The van der Waals surface area contributed by atoms with Crippen LogP contribution in [0.25, 0.3) is 0 Å². The summed E-state index contributed by atoms with van der Waals surface area (Å²) in [6.45, 7) is 3.38. The minimum absolute atomic E-state index is 0.275. The molecule has 0 radical (unpaired) electrons. The van der Waals surface area contributed by atoms with Gasteiger partial charge in [-0.3, -0.25) is 4.68 Å². The molecule has 1 saturated carbocycles. The van der Waals surface area contributed by atoms with Gasteiger partial charge in [0.25, 0.3) is 0 Å². The Morgan fingerprint density at radius 1 is 1.71 bits per heavy atom. The average Bonchev–Trinajstić information content (AvgIpc) is 2.82. The largest absolute Gasteiger partial charge is 0.383 e. The second-order valence-electron chi connectivity index (χ2n) is 4.77. The first-order valence-electron chi connectivity index (χ1n) is 6.02. The van der Waals surface area contributed by atoms with Crippen molar-refractivity contribution in [3.63, 3.8) is 0 Å². The summed E-state index contributed by atoms with van der Waals surface area (Å²) in [5, 5.41) is 15.2. The van der Waals surface area contributed by atoms with Gasteiger partial charge in [0.2, 0.25) is 0 Å². The van der Waals surface area contributed by atoms with Crippen LogP contribution in [0.1, 0.15) is 31.9 Å². The fourth-order valence-electron chi connectivity index (χ4n) is 2.65. The van der Waals surface area contributed by atoms with Crippen molar-refractivity contribution in [2.24, 2.45) is 5.92 Å². The van der Waals surface area contributed by atoms with E-state index in [1.54, 1.807) is 13.3 Å². The summed E-state index contributed by atoms with van der Waals surface area (Å²) in [5.74, 6) is 0.275. The Morgan fingerprint density at radius 3 is 3.06 bits per heavy atom. The van der Waals surface area contributed by atoms with Crippen molar-refractivity contribution >= 4 is 15.9 Å². The van der Waals surface area contributed by atoms with Crippen LogP contribution in [0.5, 0.6) is 0 Å². The number of hydrogen-bond donors (Lipinski definition) is 1. The minimum atomic E-state index is -0.747. The molecule has 1 aliphatic rings. The molecule has 4 nitrogen and oxygen atoms in total. The Kier molecular flexibility index (Phi) is 3.90. The van der Waals surface area contributed by atoms with Crippen molar-refractivity contribution in [2.45, 2.75) is 38.3 Å². The van der Waals surface area contributed by atoms with Crippen LogP contribution in [0.4, 0.5) is 0 Å². The molecule has 17 heavy (non-hydrogen) atoms. The third-order valence-electron chi connectivity index (χ3n) is 3.72. The van der Waals surface area contributed by atoms with Gasteiger partial charge in [0.05, 0.1) is 29.5 Å². The third kappa shape index (κ3) is 2.28. The van der Waals surface area contributed by atoms with Crippen LogP contribution >= 0.6 is 15.9 Å². The Bertz CT molecular complexity index is 394. The number of nitrogens with zero attached hydrogens (tertiary/aromatic N) is 2. The van der Waals surface area contributed by atoms with Crippen molar-refractivity contribution in [3.8, 4) is 0 Å². The molecule has 2 rings (SSSR count). The zero-order valence-corrected chi connectivity index (χ0v) is 11.9. The predicted octanol–water partition coefficient (Wildman–Crippen LogP) is 2.30. The molecule has 1 heterocycles. The zero-order valence-electron chi connectivity index (χ0n) is 10.3. The van der Waals surface area contributed by atoms with Gasteiger partial charge < -0.3 is 9.84 Å². The van der Waals surface area contributed by atoms with E-state index in [-0.39, 0.29) is 5.92 Å². The van der Waals surface area contributed by atoms with Crippen LogP contribution in [0.3, 0.4) is 0 Å². The molecule has 0 aromatic carbocycles. The molecule has 2 unspecified atom stereocenters. The molecule has 0 amide bonds. The van der Waals surface area contributed by atoms with E-state index in [0.29, 0.717) is 13.2 Å². The van der Waals surface area contributed by atoms with Crippen molar-refractivity contribution in [1.29, 1.82) is 0 Å². The fraction of sp³-hybridized carbons (Fsp3) is 0.750. The number of rotatable bonds is 4. The molecule has 0 aliphatic heterocycles. The first kappa shape index (κ1) is 13.1. The quantitative estimate of drug-likeness (QED) is 0.928. The van der Waals surface area contributed by atoms with Gasteiger partial charge in [-0.25, -0.2) is 0 Å². The molecule has 0 saturated heterocycles. The average molecular weight is 303 g/mol. The lowest BCUT2D eigenvalue weighted by Gasteiger charge is -2.29. The summed E-state index contributed by atoms with van der Waals surface area (Å²) < 4.78 is 7.82. The Labute approximate surface area is 110 Å². The third-order valence-corrected chi connectivity index (χ3v) is 4.30. The second-order valence-corrected chi connectivity index (χ2v) is 5.63. The van der Waals surface area contributed by atoms with Crippen LogP contribution in [-0.2, 0) is 16.9 Å². The van der Waals surface area contributed by atoms with Gasteiger partial charge >= 0.3 is 0 Å². The monoisotopic (exact) mass is 302 g/mol. The van der Waals surface area contributed by atoms with Crippen LogP contribution < -0.4 is 0 Å². The van der Waals surface area contributed by atoms with Gasteiger partial charge in [-0.1, -0.05) is 6.92 Å². The van der Waals surface area contributed by atoms with Crippen molar-refractivity contribution in [1.82, 2.24) is 9.78 Å². The number of ether oxygens (including phenoxy) is 1. The first-order valence-corrected chi connectivity index (χ1v) is 6.82. The summed E-state index contributed by atoms with van der Waals surface area (Å²) in [7, 11) is 1.67. The summed E-state index contributed by atoms with van der Waals surface area (Å²) in [6, 6.07) is 0. The molecule has 1 fully saturated rings. The van der Waals surface area contributed by atoms with E-state index in [1.165, 1.54) is 0 Å². The van der Waals surface area contributed by atoms with Gasteiger partial charge in [0, 0.05) is 7.11 Å². The Balaban J connectivity index is 2.33. The van der Waals surface area contributed by atoms with E-state index < -0.39 is 5.60 Å². The highest BCUT2D eigenvalue weighted by molar-refractivity contribution is 9.10. The molecule has 1 aromatic heterocycles. The van der Waals surface area contributed by atoms with E-state index in [0.717, 1.165) is 29.4 Å². The molecular formula is C12H19BrN2O2. The van der Waals surface area contributed by atoms with E-state index in [4.69, 9.17) is 4.74 Å². The van der Waals surface area contributed by atoms with E-state index >= 15 is 0 Å². The SMILES string of the molecule is COCCn1ncc(Br)c1C1(O)CCCC1C. The molecule has 1 aromatic rings. The van der Waals surface area contributed by atoms with Gasteiger partial charge in [-0.15, -0.1) is 0 Å². The normalized spacial score (nSPS) is 28.8. The first-order chi connectivity index (χ1) is 8.09. The van der Waals surface area contributed by atoms with Crippen molar-refractivity contribution in [2.75, 3.05) is 13.7 Å². The maximum absolute atomic E-state index is 10.8. The highest BCUT2D eigenvalue weighted by Crippen LogP contribution is 2.45. The van der Waals surface area contributed by atoms with Crippen LogP contribution in [0.15, 0.2) is 10.7 Å². The molecule has 96 valence electrons. The molecule has 0 bridgehead atoms. The Morgan fingerprint density at radius 2 is 2.47 bits per heavy atom. The topological polar surface area (TPSA) is 47.3 Å². The van der Waals surface area contributed by atoms with Crippen LogP contribution in [0, 0.1) is 5.92 Å². The number of methoxy groups -OCH3 is 1. The molecule has 1 N–H and O–H groups in total. The van der Waals surface area contributed by atoms with Crippen molar-refractivity contribution in [3.05, 3.63) is 16.4 Å². The lowest BCUT2D eigenvalue weighted by molar-refractivity contribution is -0.00574. The molecule has 5 heteroatoms. The zero-order chi connectivity index (χ0) is 12.5. The van der Waals surface area contributed by atoms with Gasteiger partial charge in [-0.2, -0.15) is 5.10 Å². The number of aromatic nitrogens is 2. The van der Waals surface area contributed by atoms with E-state index in [9.17, 15) is 5.11 Å². The van der Waals surface area contributed by atoms with Gasteiger partial charge in [-0.05, 0) is 41.1 Å². The summed E-state index contributed by atoms with van der Waals surface area (Å²) >= 11 is 3.50. The Hall–Kier alpha value is -0.390. The minimum Gasteiger partial charge on any atom is -0.383 e. The standard InChI is InChI=1S/C12H19BrN2O2/c1-9-4-3-5-12(9,16)11-10(13)8-14-15(11)6-7-17-2/h8-9,16H,3-7H2,1-2H3. The molecule has 2 atom stereocenters. The summed E-state index contributed by atoms with van der Waals surface area (Å²) in [5.41, 5.74) is 0.155. The van der Waals surface area contributed by atoms with Gasteiger partial charge in [0.1, 0.15) is 5.60 Å². The lowest BCUT2D eigenvalue weighted by Crippen LogP contribution is -2.32. The second kappa shape index (κ2) is 5.08. The van der Waals surface area contributed by atoms with Gasteiger partial charge in [0.15, 0.2) is 0 Å². The lowest BCUT2D eigenvalue weighted by atomic mass is 9.89. The summed E-state index contributed by atoms with van der Waals surface area (Å²) in [4.78, 5) is 0. The summed E-state index contributed by atoms with van der Waals surface area (Å²) in [6.07, 6.45) is 4.71. The molecule has 1 aliphatic carbocycles. The highest BCUT2D eigenvalue weighted by Gasteiger charge is 2.43. The molecule has 0 spiro atoms. The van der Waals surface area contributed by atoms with Crippen LogP contribution in [0.2, 0.25) is 0 Å². The number of aliphatic hydroxyl groups is 1. The predicted molar refractivity (Wildman–Crippen MR) is 68.7 cm³/mol. The van der Waals surface area contributed by atoms with Crippen molar-refractivity contribution < 1.29 is 9.84 Å². The van der Waals surface area contributed by atoms with E-state index in [2.05, 4.69) is 28.0 Å².